The second-order valence-electron chi connectivity index (χ2n) is 3.99. The second kappa shape index (κ2) is 6.80. The summed E-state index contributed by atoms with van der Waals surface area (Å²) in [5.41, 5.74) is 5.58. The molecule has 1 aromatic rings. The summed E-state index contributed by atoms with van der Waals surface area (Å²) in [4.78, 5) is -0.506. The van der Waals surface area contributed by atoms with Gasteiger partial charge in [0.15, 0.2) is 0 Å². The van der Waals surface area contributed by atoms with E-state index in [4.69, 9.17) is 10.5 Å². The third kappa shape index (κ3) is 4.75. The number of aliphatic hydroxyl groups is 1. The van der Waals surface area contributed by atoms with Crippen molar-refractivity contribution >= 4 is 15.7 Å². The molecule has 0 radical (unpaired) electrons. The molecule has 0 aliphatic rings. The number of rotatable bonds is 7. The van der Waals surface area contributed by atoms with Crippen LogP contribution in [0.4, 0.5) is 10.1 Å². The van der Waals surface area contributed by atoms with Crippen LogP contribution >= 0.6 is 0 Å². The van der Waals surface area contributed by atoms with E-state index >= 15 is 0 Å². The summed E-state index contributed by atoms with van der Waals surface area (Å²) in [6.07, 6.45) is -0.616. The van der Waals surface area contributed by atoms with Crippen LogP contribution in [0.15, 0.2) is 23.1 Å². The summed E-state index contributed by atoms with van der Waals surface area (Å²) in [7, 11) is -2.55. The summed E-state index contributed by atoms with van der Waals surface area (Å²) in [6.45, 7) is 0.0788. The fraction of sp³-hybridized carbons (Fsp3) is 0.455. The first-order valence-electron chi connectivity index (χ1n) is 5.58. The molecule has 1 atom stereocenters. The maximum Gasteiger partial charge on any atom is 0.243 e. The first-order chi connectivity index (χ1) is 8.86. The number of nitrogens with two attached hydrogens (primary N) is 1. The Labute approximate surface area is 111 Å². The monoisotopic (exact) mass is 292 g/mol. The van der Waals surface area contributed by atoms with Crippen molar-refractivity contribution in [2.24, 2.45) is 0 Å². The Morgan fingerprint density at radius 3 is 2.84 bits per heavy atom. The zero-order chi connectivity index (χ0) is 14.5. The largest absolute Gasteiger partial charge is 0.399 e. The highest BCUT2D eigenvalue weighted by Crippen LogP contribution is 2.17. The molecule has 0 amide bonds. The number of sulfonamides is 1. The van der Waals surface area contributed by atoms with Crippen molar-refractivity contribution in [2.45, 2.75) is 17.4 Å². The van der Waals surface area contributed by atoms with E-state index in [0.717, 1.165) is 12.1 Å². The van der Waals surface area contributed by atoms with Crippen molar-refractivity contribution in [3.63, 3.8) is 0 Å². The molecule has 8 heteroatoms. The standard InChI is InChI=1S/C11H17FN2O4S/c1-18-7-9(15)4-5-14-19(16,17)11-6-8(13)2-3-10(11)12/h2-3,6,9,14-15H,4-5,7,13H2,1H3. The number of aliphatic hydroxyl groups excluding tert-OH is 1. The predicted octanol–water partition coefficient (Wildman–Crippen LogP) is 0.0836. The molecule has 0 bridgehead atoms. The minimum Gasteiger partial charge on any atom is -0.399 e. The number of anilines is 1. The third-order valence-electron chi connectivity index (χ3n) is 2.37. The summed E-state index contributed by atoms with van der Waals surface area (Å²) < 4.78 is 44.0. The number of ether oxygens (including phenoxy) is 1. The molecule has 6 nitrogen and oxygen atoms in total. The molecule has 0 aliphatic carbocycles. The van der Waals surface area contributed by atoms with Crippen molar-refractivity contribution in [1.29, 1.82) is 0 Å². The molecule has 0 saturated heterocycles. The highest BCUT2D eigenvalue weighted by molar-refractivity contribution is 7.89. The van der Waals surface area contributed by atoms with Crippen LogP contribution in [0, 0.1) is 5.82 Å². The van der Waals surface area contributed by atoms with E-state index in [1.54, 1.807) is 0 Å². The molecule has 19 heavy (non-hydrogen) atoms. The molecule has 4 N–H and O–H groups in total. The van der Waals surface area contributed by atoms with E-state index in [0.29, 0.717) is 0 Å². The zero-order valence-electron chi connectivity index (χ0n) is 10.5. The van der Waals surface area contributed by atoms with Gasteiger partial charge < -0.3 is 15.6 Å². The van der Waals surface area contributed by atoms with E-state index < -0.39 is 26.8 Å². The Balaban J connectivity index is 2.68. The van der Waals surface area contributed by atoms with Gasteiger partial charge in [-0.2, -0.15) is 0 Å². The summed E-state index contributed by atoms with van der Waals surface area (Å²) in [5, 5.41) is 9.36. The number of hydrogen-bond acceptors (Lipinski definition) is 5. The Morgan fingerprint density at radius 1 is 1.53 bits per heavy atom. The van der Waals surface area contributed by atoms with Crippen LogP contribution in [-0.2, 0) is 14.8 Å². The highest BCUT2D eigenvalue weighted by Gasteiger charge is 2.19. The lowest BCUT2D eigenvalue weighted by Crippen LogP contribution is -2.29. The molecule has 1 unspecified atom stereocenters. The van der Waals surface area contributed by atoms with Crippen LogP contribution in [0.2, 0.25) is 0 Å². The van der Waals surface area contributed by atoms with E-state index in [-0.39, 0.29) is 25.3 Å². The van der Waals surface area contributed by atoms with E-state index in [1.807, 2.05) is 0 Å². The predicted molar refractivity (Wildman–Crippen MR) is 68.5 cm³/mol. The van der Waals surface area contributed by atoms with Crippen LogP contribution in [0.1, 0.15) is 6.42 Å². The van der Waals surface area contributed by atoms with Gasteiger partial charge in [-0.05, 0) is 24.6 Å². The smallest absolute Gasteiger partial charge is 0.243 e. The van der Waals surface area contributed by atoms with Crippen LogP contribution in [0.25, 0.3) is 0 Å². The van der Waals surface area contributed by atoms with Crippen LogP contribution in [0.5, 0.6) is 0 Å². The van der Waals surface area contributed by atoms with Crippen LogP contribution < -0.4 is 10.5 Å². The fourth-order valence-corrected chi connectivity index (χ4v) is 2.60. The molecule has 1 rings (SSSR count). The zero-order valence-corrected chi connectivity index (χ0v) is 11.3. The summed E-state index contributed by atoms with van der Waals surface area (Å²) >= 11 is 0. The molecule has 1 aromatic carbocycles. The van der Waals surface area contributed by atoms with E-state index in [2.05, 4.69) is 4.72 Å². The summed E-state index contributed by atoms with van der Waals surface area (Å²) in [5.74, 6) is -0.876. The minimum absolute atomic E-state index is 0.0267. The second-order valence-corrected chi connectivity index (χ2v) is 5.72. The Bertz CT molecular complexity index is 521. The number of halogens is 1. The molecule has 0 spiro atoms. The van der Waals surface area contributed by atoms with Gasteiger partial charge >= 0.3 is 0 Å². The topological polar surface area (TPSA) is 102 Å². The lowest BCUT2D eigenvalue weighted by atomic mass is 10.3. The van der Waals surface area contributed by atoms with E-state index in [9.17, 15) is 17.9 Å². The number of nitrogens with one attached hydrogen (secondary N) is 1. The number of methoxy groups -OCH3 is 1. The van der Waals surface area contributed by atoms with Gasteiger partial charge in [0.1, 0.15) is 10.7 Å². The average Bonchev–Trinajstić information content (AvgIpc) is 2.32. The normalized spacial score (nSPS) is 13.4. The first kappa shape index (κ1) is 15.8. The average molecular weight is 292 g/mol. The Kier molecular flexibility index (Phi) is 5.67. The lowest BCUT2D eigenvalue weighted by Gasteiger charge is -2.11. The fourth-order valence-electron chi connectivity index (χ4n) is 1.44. The van der Waals surface area contributed by atoms with Gasteiger partial charge in [0.05, 0.1) is 12.7 Å². The molecule has 108 valence electrons. The summed E-state index contributed by atoms with van der Waals surface area (Å²) in [6, 6.07) is 3.31. The van der Waals surface area contributed by atoms with Crippen molar-refractivity contribution in [3.8, 4) is 0 Å². The Morgan fingerprint density at radius 2 is 2.21 bits per heavy atom. The van der Waals surface area contributed by atoms with Crippen molar-refractivity contribution < 1.29 is 22.7 Å². The van der Waals surface area contributed by atoms with Crippen molar-refractivity contribution in [1.82, 2.24) is 4.72 Å². The van der Waals surface area contributed by atoms with Gasteiger partial charge in [0.2, 0.25) is 10.0 Å². The highest BCUT2D eigenvalue weighted by atomic mass is 32.2. The van der Waals surface area contributed by atoms with Crippen molar-refractivity contribution in [2.75, 3.05) is 26.0 Å². The van der Waals surface area contributed by atoms with Crippen LogP contribution in [0.3, 0.4) is 0 Å². The van der Waals surface area contributed by atoms with Gasteiger partial charge in [-0.1, -0.05) is 0 Å². The molecule has 0 heterocycles. The molecule has 0 aromatic heterocycles. The van der Waals surface area contributed by atoms with Gasteiger partial charge in [-0.3, -0.25) is 0 Å². The molecular weight excluding hydrogens is 275 g/mol. The quantitative estimate of drug-likeness (QED) is 0.618. The lowest BCUT2D eigenvalue weighted by molar-refractivity contribution is 0.0603. The molecule has 0 aliphatic heterocycles. The van der Waals surface area contributed by atoms with E-state index in [1.165, 1.54) is 13.2 Å². The molecule has 0 saturated carbocycles. The SMILES string of the molecule is COCC(O)CCNS(=O)(=O)c1cc(N)ccc1F. The number of benzene rings is 1. The maximum atomic E-state index is 13.4. The van der Waals surface area contributed by atoms with Crippen molar-refractivity contribution in [3.05, 3.63) is 24.0 Å². The molecule has 0 fully saturated rings. The first-order valence-corrected chi connectivity index (χ1v) is 7.07. The minimum atomic E-state index is -3.98. The van der Waals surface area contributed by atoms with Gasteiger partial charge in [0.25, 0.3) is 0 Å². The number of hydrogen-bond donors (Lipinski definition) is 3. The Hall–Kier alpha value is -1.22. The number of nitrogen functional groups attached to an aromatic ring is 1. The van der Waals surface area contributed by atoms with Crippen LogP contribution in [-0.4, -0.2) is 39.9 Å². The van der Waals surface area contributed by atoms with Gasteiger partial charge in [0, 0.05) is 19.3 Å². The third-order valence-corrected chi connectivity index (χ3v) is 3.85. The maximum absolute atomic E-state index is 13.4. The molecular formula is C11H17FN2O4S. The van der Waals surface area contributed by atoms with Gasteiger partial charge in [-0.15, -0.1) is 0 Å². The van der Waals surface area contributed by atoms with Gasteiger partial charge in [-0.25, -0.2) is 17.5 Å².